The molecule has 1 aliphatic carbocycles. The summed E-state index contributed by atoms with van der Waals surface area (Å²) in [5.41, 5.74) is 3.21. The van der Waals surface area contributed by atoms with Crippen LogP contribution in [0.1, 0.15) is 31.2 Å². The summed E-state index contributed by atoms with van der Waals surface area (Å²) in [6.45, 7) is 0.670. The summed E-state index contributed by atoms with van der Waals surface area (Å²) < 4.78 is 11.9. The molecule has 0 N–H and O–H groups in total. The fourth-order valence-corrected chi connectivity index (χ4v) is 3.85. The standard InChI is InChI=1S/C24H25ClN2O2/c1-28-22-13-12-20(15-23(22)29-21-9-5-6-10-21)27(19-7-3-2-4-8-19)17-18-11-14-24(25)26-16-18/h2-4,7-8,11-16,21H,5-6,9-10,17H2,1H3. The molecule has 0 amide bonds. The third kappa shape index (κ3) is 4.83. The van der Waals surface area contributed by atoms with Crippen LogP contribution < -0.4 is 14.4 Å². The Kier molecular flexibility index (Phi) is 6.20. The van der Waals surface area contributed by atoms with E-state index in [-0.39, 0.29) is 6.10 Å². The molecule has 4 rings (SSSR count). The van der Waals surface area contributed by atoms with Gasteiger partial charge in [-0.25, -0.2) is 4.98 Å². The molecule has 1 fully saturated rings. The average Bonchev–Trinajstić information content (AvgIpc) is 3.27. The molecule has 0 unspecified atom stereocenters. The second kappa shape index (κ2) is 9.19. The summed E-state index contributed by atoms with van der Waals surface area (Å²) >= 11 is 5.96. The van der Waals surface area contributed by atoms with Gasteiger partial charge in [0.05, 0.1) is 13.2 Å². The van der Waals surface area contributed by atoms with Gasteiger partial charge < -0.3 is 14.4 Å². The first-order chi connectivity index (χ1) is 14.2. The van der Waals surface area contributed by atoms with Crippen LogP contribution in [0.15, 0.2) is 66.9 Å². The second-order valence-electron chi connectivity index (χ2n) is 7.27. The molecule has 2 aromatic carbocycles. The number of para-hydroxylation sites is 1. The lowest BCUT2D eigenvalue weighted by molar-refractivity contribution is 0.201. The van der Waals surface area contributed by atoms with Crippen molar-refractivity contribution < 1.29 is 9.47 Å². The molecule has 0 aliphatic heterocycles. The minimum atomic E-state index is 0.268. The number of nitrogens with zero attached hydrogens (tertiary/aromatic N) is 2. The van der Waals surface area contributed by atoms with E-state index in [9.17, 15) is 0 Å². The number of aromatic nitrogens is 1. The van der Waals surface area contributed by atoms with Crippen molar-refractivity contribution in [1.82, 2.24) is 4.98 Å². The van der Waals surface area contributed by atoms with E-state index in [2.05, 4.69) is 34.1 Å². The zero-order valence-corrected chi connectivity index (χ0v) is 17.3. The first kappa shape index (κ1) is 19.6. The van der Waals surface area contributed by atoms with Crippen LogP contribution in [0.5, 0.6) is 11.5 Å². The van der Waals surface area contributed by atoms with Gasteiger partial charge in [-0.2, -0.15) is 0 Å². The number of methoxy groups -OCH3 is 1. The van der Waals surface area contributed by atoms with Crippen LogP contribution in [0.4, 0.5) is 11.4 Å². The topological polar surface area (TPSA) is 34.6 Å². The zero-order chi connectivity index (χ0) is 20.1. The summed E-state index contributed by atoms with van der Waals surface area (Å²) in [7, 11) is 1.69. The van der Waals surface area contributed by atoms with E-state index in [1.165, 1.54) is 12.8 Å². The first-order valence-electron chi connectivity index (χ1n) is 10.0. The van der Waals surface area contributed by atoms with Crippen LogP contribution in [0, 0.1) is 0 Å². The Morgan fingerprint density at radius 1 is 0.966 bits per heavy atom. The largest absolute Gasteiger partial charge is 0.493 e. The summed E-state index contributed by atoms with van der Waals surface area (Å²) in [5, 5.41) is 0.497. The lowest BCUT2D eigenvalue weighted by Crippen LogP contribution is -2.17. The van der Waals surface area contributed by atoms with Gasteiger partial charge in [0.1, 0.15) is 5.15 Å². The van der Waals surface area contributed by atoms with Crippen molar-refractivity contribution in [2.75, 3.05) is 12.0 Å². The molecule has 29 heavy (non-hydrogen) atoms. The Hall–Kier alpha value is -2.72. The van der Waals surface area contributed by atoms with Gasteiger partial charge in [-0.15, -0.1) is 0 Å². The Bertz CT molecular complexity index is 925. The highest BCUT2D eigenvalue weighted by Crippen LogP contribution is 2.37. The van der Waals surface area contributed by atoms with Crippen LogP contribution >= 0.6 is 11.6 Å². The zero-order valence-electron chi connectivity index (χ0n) is 16.6. The lowest BCUT2D eigenvalue weighted by Gasteiger charge is -2.26. The van der Waals surface area contributed by atoms with Crippen molar-refractivity contribution in [2.45, 2.75) is 38.3 Å². The molecule has 0 atom stereocenters. The second-order valence-corrected chi connectivity index (χ2v) is 7.66. The maximum absolute atomic E-state index is 6.31. The number of halogens is 1. The third-order valence-electron chi connectivity index (χ3n) is 5.25. The summed E-state index contributed by atoms with van der Waals surface area (Å²) in [4.78, 5) is 6.47. The van der Waals surface area contributed by atoms with Gasteiger partial charge in [0.25, 0.3) is 0 Å². The van der Waals surface area contributed by atoms with E-state index >= 15 is 0 Å². The van der Waals surface area contributed by atoms with E-state index in [0.717, 1.165) is 41.3 Å². The van der Waals surface area contributed by atoms with Gasteiger partial charge in [0, 0.05) is 30.2 Å². The summed E-state index contributed by atoms with van der Waals surface area (Å²) in [6, 6.07) is 20.3. The molecule has 150 valence electrons. The highest BCUT2D eigenvalue weighted by atomic mass is 35.5. The van der Waals surface area contributed by atoms with Crippen LogP contribution in [0.2, 0.25) is 5.15 Å². The van der Waals surface area contributed by atoms with Crippen molar-refractivity contribution >= 4 is 23.0 Å². The number of rotatable bonds is 7. The van der Waals surface area contributed by atoms with Gasteiger partial charge in [0.2, 0.25) is 0 Å². The predicted molar refractivity (Wildman–Crippen MR) is 117 cm³/mol. The lowest BCUT2D eigenvalue weighted by atomic mass is 10.1. The first-order valence-corrected chi connectivity index (χ1v) is 10.4. The van der Waals surface area contributed by atoms with Gasteiger partial charge in [0.15, 0.2) is 11.5 Å². The fraction of sp³-hybridized carbons (Fsp3) is 0.292. The van der Waals surface area contributed by atoms with Crippen molar-refractivity contribution in [3.63, 3.8) is 0 Å². The van der Waals surface area contributed by atoms with Gasteiger partial charge in [-0.3, -0.25) is 0 Å². The molecule has 1 aliphatic rings. The normalized spacial score (nSPS) is 14.0. The highest BCUT2D eigenvalue weighted by Gasteiger charge is 2.20. The molecule has 4 nitrogen and oxygen atoms in total. The molecule has 0 radical (unpaired) electrons. The van der Waals surface area contributed by atoms with Crippen molar-refractivity contribution in [2.24, 2.45) is 0 Å². The molecule has 1 heterocycles. The quantitative estimate of drug-likeness (QED) is 0.423. The van der Waals surface area contributed by atoms with Gasteiger partial charge in [-0.1, -0.05) is 35.9 Å². The summed E-state index contributed by atoms with van der Waals surface area (Å²) in [5.74, 6) is 1.56. The highest BCUT2D eigenvalue weighted by molar-refractivity contribution is 6.29. The van der Waals surface area contributed by atoms with Crippen LogP contribution in [0.3, 0.4) is 0 Å². The van der Waals surface area contributed by atoms with Crippen LogP contribution in [-0.2, 0) is 6.54 Å². The van der Waals surface area contributed by atoms with E-state index in [0.29, 0.717) is 11.7 Å². The number of hydrogen-bond acceptors (Lipinski definition) is 4. The van der Waals surface area contributed by atoms with E-state index < -0.39 is 0 Å². The molecular formula is C24H25ClN2O2. The SMILES string of the molecule is COc1ccc(N(Cc2ccc(Cl)nc2)c2ccccc2)cc1OC1CCCC1. The molecular weight excluding hydrogens is 384 g/mol. The van der Waals surface area contributed by atoms with Crippen LogP contribution in [-0.4, -0.2) is 18.2 Å². The molecule has 0 spiro atoms. The molecule has 1 saturated carbocycles. The maximum atomic E-state index is 6.31. The number of pyridine rings is 1. The molecule has 1 aromatic heterocycles. The number of ether oxygens (including phenoxy) is 2. The average molecular weight is 409 g/mol. The monoisotopic (exact) mass is 408 g/mol. The van der Waals surface area contributed by atoms with Gasteiger partial charge in [-0.05, 0) is 61.6 Å². The van der Waals surface area contributed by atoms with Crippen molar-refractivity contribution in [1.29, 1.82) is 0 Å². The third-order valence-corrected chi connectivity index (χ3v) is 5.48. The number of benzene rings is 2. The smallest absolute Gasteiger partial charge is 0.163 e. The van der Waals surface area contributed by atoms with Crippen molar-refractivity contribution in [3.05, 3.63) is 77.6 Å². The Morgan fingerprint density at radius 3 is 2.45 bits per heavy atom. The summed E-state index contributed by atoms with van der Waals surface area (Å²) in [6.07, 6.45) is 6.75. The molecule has 5 heteroatoms. The van der Waals surface area contributed by atoms with Gasteiger partial charge >= 0.3 is 0 Å². The van der Waals surface area contributed by atoms with E-state index in [1.54, 1.807) is 7.11 Å². The fourth-order valence-electron chi connectivity index (χ4n) is 3.73. The minimum absolute atomic E-state index is 0.268. The van der Waals surface area contributed by atoms with Crippen LogP contribution in [0.25, 0.3) is 0 Å². The molecule has 3 aromatic rings. The molecule has 0 bridgehead atoms. The molecule has 0 saturated heterocycles. The predicted octanol–water partition coefficient (Wildman–Crippen LogP) is 6.40. The van der Waals surface area contributed by atoms with E-state index in [4.69, 9.17) is 21.1 Å². The Morgan fingerprint density at radius 2 is 1.76 bits per heavy atom. The Labute approximate surface area is 177 Å². The maximum Gasteiger partial charge on any atom is 0.163 e. The Balaban J connectivity index is 1.68. The van der Waals surface area contributed by atoms with Crippen molar-refractivity contribution in [3.8, 4) is 11.5 Å². The minimum Gasteiger partial charge on any atom is -0.493 e. The number of anilines is 2. The number of hydrogen-bond donors (Lipinski definition) is 0. The van der Waals surface area contributed by atoms with E-state index in [1.807, 2.05) is 42.6 Å².